The van der Waals surface area contributed by atoms with Crippen LogP contribution in [0.5, 0.6) is 0 Å². The lowest BCUT2D eigenvalue weighted by atomic mass is 10.2. The van der Waals surface area contributed by atoms with Gasteiger partial charge in [-0.2, -0.15) is 0 Å². The van der Waals surface area contributed by atoms with Crippen LogP contribution in [-0.2, 0) is 14.6 Å². The number of hydrogen-bond acceptors (Lipinski definition) is 3. The Bertz CT molecular complexity index is 331. The molecule has 0 heterocycles. The molecule has 1 amide bonds. The molecule has 0 aromatic rings. The first-order chi connectivity index (χ1) is 7.44. The summed E-state index contributed by atoms with van der Waals surface area (Å²) in [6, 6.07) is 0.345. The van der Waals surface area contributed by atoms with E-state index in [2.05, 4.69) is 0 Å². The Hall–Kier alpha value is -0.580. The molecule has 1 saturated carbocycles. The van der Waals surface area contributed by atoms with Gasteiger partial charge in [-0.1, -0.05) is 12.8 Å². The number of carbonyl (C=O) groups excluding carboxylic acids is 1. The van der Waals surface area contributed by atoms with E-state index in [1.165, 1.54) is 19.1 Å². The van der Waals surface area contributed by atoms with Gasteiger partial charge in [-0.3, -0.25) is 4.79 Å². The van der Waals surface area contributed by atoms with Gasteiger partial charge in [-0.25, -0.2) is 8.42 Å². The zero-order valence-corrected chi connectivity index (χ0v) is 10.9. The average molecular weight is 247 g/mol. The van der Waals surface area contributed by atoms with Gasteiger partial charge in [-0.15, -0.1) is 0 Å². The van der Waals surface area contributed by atoms with Crippen LogP contribution in [0.2, 0.25) is 0 Å². The molecule has 0 aliphatic heterocycles. The maximum atomic E-state index is 11.9. The highest BCUT2D eigenvalue weighted by molar-refractivity contribution is 7.90. The Morgan fingerprint density at radius 2 is 1.88 bits per heavy atom. The Labute approximate surface area is 97.9 Å². The van der Waals surface area contributed by atoms with E-state index in [9.17, 15) is 13.2 Å². The van der Waals surface area contributed by atoms with Crippen molar-refractivity contribution in [1.82, 2.24) is 4.90 Å². The van der Waals surface area contributed by atoms with Crippen LogP contribution < -0.4 is 0 Å². The van der Waals surface area contributed by atoms with E-state index in [0.717, 1.165) is 12.8 Å². The molecular weight excluding hydrogens is 226 g/mol. The molecule has 0 bridgehead atoms. The molecular formula is C11H21NO3S. The first-order valence-corrected chi connectivity index (χ1v) is 7.97. The van der Waals surface area contributed by atoms with Gasteiger partial charge in [0.2, 0.25) is 5.91 Å². The number of rotatable bonds is 5. The van der Waals surface area contributed by atoms with Gasteiger partial charge in [0, 0.05) is 25.3 Å². The van der Waals surface area contributed by atoms with Crippen molar-refractivity contribution < 1.29 is 13.2 Å². The minimum atomic E-state index is -3.03. The average Bonchev–Trinajstić information content (AvgIpc) is 2.68. The van der Waals surface area contributed by atoms with Crippen molar-refractivity contribution >= 4 is 15.7 Å². The van der Waals surface area contributed by atoms with Gasteiger partial charge in [0.05, 0.1) is 5.75 Å². The summed E-state index contributed by atoms with van der Waals surface area (Å²) in [5.41, 5.74) is 0. The molecule has 0 N–H and O–H groups in total. The van der Waals surface area contributed by atoms with Gasteiger partial charge in [-0.05, 0) is 19.8 Å². The van der Waals surface area contributed by atoms with Crippen LogP contribution in [0.15, 0.2) is 0 Å². The third-order valence-electron chi connectivity index (χ3n) is 3.11. The van der Waals surface area contributed by atoms with E-state index in [0.29, 0.717) is 12.6 Å². The molecule has 0 saturated heterocycles. The summed E-state index contributed by atoms with van der Waals surface area (Å²) in [5.74, 6) is -0.0467. The number of hydrogen-bond donors (Lipinski definition) is 0. The number of amides is 1. The predicted octanol–water partition coefficient (Wildman–Crippen LogP) is 1.21. The van der Waals surface area contributed by atoms with Crippen LogP contribution in [0.25, 0.3) is 0 Å². The van der Waals surface area contributed by atoms with Crippen molar-refractivity contribution in [3.05, 3.63) is 0 Å². The summed E-state index contributed by atoms with van der Waals surface area (Å²) in [6.07, 6.45) is 5.80. The van der Waals surface area contributed by atoms with E-state index in [-0.39, 0.29) is 18.1 Å². The van der Waals surface area contributed by atoms with Gasteiger partial charge in [0.1, 0.15) is 9.84 Å². The fourth-order valence-corrected chi connectivity index (χ4v) is 2.82. The first-order valence-electron chi connectivity index (χ1n) is 5.91. The van der Waals surface area contributed by atoms with Gasteiger partial charge in [0.15, 0.2) is 0 Å². The smallest absolute Gasteiger partial charge is 0.223 e. The normalized spacial score (nSPS) is 17.6. The van der Waals surface area contributed by atoms with Gasteiger partial charge in [0.25, 0.3) is 0 Å². The maximum absolute atomic E-state index is 11.9. The van der Waals surface area contributed by atoms with Crippen molar-refractivity contribution in [2.75, 3.05) is 18.6 Å². The third kappa shape index (κ3) is 4.12. The summed E-state index contributed by atoms with van der Waals surface area (Å²) in [4.78, 5) is 13.7. The summed E-state index contributed by atoms with van der Waals surface area (Å²) >= 11 is 0. The first kappa shape index (κ1) is 13.5. The van der Waals surface area contributed by atoms with Crippen LogP contribution in [-0.4, -0.2) is 43.8 Å². The van der Waals surface area contributed by atoms with Crippen molar-refractivity contribution in [2.45, 2.75) is 45.1 Å². The summed E-state index contributed by atoms with van der Waals surface area (Å²) in [6.45, 7) is 2.64. The Morgan fingerprint density at radius 3 is 2.31 bits per heavy atom. The fourth-order valence-electron chi connectivity index (χ4n) is 2.27. The van der Waals surface area contributed by atoms with Crippen LogP contribution in [0.3, 0.4) is 0 Å². The highest BCUT2D eigenvalue weighted by Gasteiger charge is 2.25. The van der Waals surface area contributed by atoms with Crippen molar-refractivity contribution in [3.8, 4) is 0 Å². The Balaban J connectivity index is 2.49. The second-order valence-electron chi connectivity index (χ2n) is 4.50. The zero-order valence-electron chi connectivity index (χ0n) is 10.1. The van der Waals surface area contributed by atoms with Crippen molar-refractivity contribution in [3.63, 3.8) is 0 Å². The molecule has 94 valence electrons. The molecule has 0 spiro atoms. The molecule has 1 aliphatic rings. The monoisotopic (exact) mass is 247 g/mol. The third-order valence-corrected chi connectivity index (χ3v) is 4.06. The summed E-state index contributed by atoms with van der Waals surface area (Å²) in [5, 5.41) is 0. The lowest BCUT2D eigenvalue weighted by molar-refractivity contribution is -0.132. The Morgan fingerprint density at radius 1 is 1.31 bits per heavy atom. The van der Waals surface area contributed by atoms with E-state index in [4.69, 9.17) is 0 Å². The largest absolute Gasteiger partial charge is 0.340 e. The topological polar surface area (TPSA) is 54.5 Å². The molecule has 16 heavy (non-hydrogen) atoms. The molecule has 1 fully saturated rings. The molecule has 1 aliphatic carbocycles. The van der Waals surface area contributed by atoms with Gasteiger partial charge < -0.3 is 4.90 Å². The van der Waals surface area contributed by atoms with Crippen LogP contribution >= 0.6 is 0 Å². The number of carbonyl (C=O) groups is 1. The minimum absolute atomic E-state index is 0.0141. The van der Waals surface area contributed by atoms with Crippen molar-refractivity contribution in [1.29, 1.82) is 0 Å². The van der Waals surface area contributed by atoms with Crippen LogP contribution in [0.4, 0.5) is 0 Å². The quantitative estimate of drug-likeness (QED) is 0.734. The van der Waals surface area contributed by atoms with E-state index in [1.54, 1.807) is 0 Å². The van der Waals surface area contributed by atoms with Crippen molar-refractivity contribution in [2.24, 2.45) is 0 Å². The molecule has 1 rings (SSSR count). The highest BCUT2D eigenvalue weighted by atomic mass is 32.2. The SMILES string of the molecule is CCN(C(=O)CCS(C)(=O)=O)C1CCCC1. The van der Waals surface area contributed by atoms with Crippen LogP contribution in [0.1, 0.15) is 39.0 Å². The maximum Gasteiger partial charge on any atom is 0.223 e. The fraction of sp³-hybridized carbons (Fsp3) is 0.909. The lowest BCUT2D eigenvalue weighted by Crippen LogP contribution is -2.39. The molecule has 0 radical (unpaired) electrons. The minimum Gasteiger partial charge on any atom is -0.340 e. The second kappa shape index (κ2) is 5.66. The van der Waals surface area contributed by atoms with Crippen LogP contribution in [0, 0.1) is 0 Å². The molecule has 0 atom stereocenters. The molecule has 0 aromatic heterocycles. The molecule has 4 nitrogen and oxygen atoms in total. The second-order valence-corrected chi connectivity index (χ2v) is 6.76. The summed E-state index contributed by atoms with van der Waals surface area (Å²) in [7, 11) is -3.03. The number of nitrogens with zero attached hydrogens (tertiary/aromatic N) is 1. The van der Waals surface area contributed by atoms with E-state index in [1.807, 2.05) is 11.8 Å². The molecule has 5 heteroatoms. The number of sulfone groups is 1. The molecule has 0 unspecified atom stereocenters. The zero-order chi connectivity index (χ0) is 12.2. The highest BCUT2D eigenvalue weighted by Crippen LogP contribution is 2.23. The Kier molecular flexibility index (Phi) is 4.77. The summed E-state index contributed by atoms with van der Waals surface area (Å²) < 4.78 is 22.0. The lowest BCUT2D eigenvalue weighted by Gasteiger charge is -2.27. The van der Waals surface area contributed by atoms with Gasteiger partial charge >= 0.3 is 0 Å². The molecule has 0 aromatic carbocycles. The van der Waals surface area contributed by atoms with E-state index >= 15 is 0 Å². The predicted molar refractivity (Wildman–Crippen MR) is 64.0 cm³/mol. The standard InChI is InChI=1S/C11H21NO3S/c1-3-12(10-6-4-5-7-10)11(13)8-9-16(2,14)15/h10H,3-9H2,1-2H3. The van der Waals surface area contributed by atoms with E-state index < -0.39 is 9.84 Å².